The Bertz CT molecular complexity index is 1030. The maximum absolute atomic E-state index is 13.3. The van der Waals surface area contributed by atoms with Gasteiger partial charge >= 0.3 is 0 Å². The molecule has 7 heteroatoms. The van der Waals surface area contributed by atoms with Crippen molar-refractivity contribution in [1.82, 2.24) is 4.90 Å². The van der Waals surface area contributed by atoms with Crippen LogP contribution in [-0.2, 0) is 9.59 Å². The molecule has 0 saturated carbocycles. The zero-order valence-corrected chi connectivity index (χ0v) is 19.4. The third-order valence-corrected chi connectivity index (χ3v) is 6.45. The minimum absolute atomic E-state index is 0.0633. The van der Waals surface area contributed by atoms with Crippen LogP contribution < -0.4 is 15.0 Å². The predicted molar refractivity (Wildman–Crippen MR) is 127 cm³/mol. The van der Waals surface area contributed by atoms with Crippen molar-refractivity contribution in [3.05, 3.63) is 54.1 Å². The maximum atomic E-state index is 13.3. The standard InChI is InChI=1S/C26H31N3O4/c1-17-12-18(2)15-28(14-17)26(32)22-6-4-5-7-23(22)27-25(31)19-13-24(30)29(16-19)20-8-10-21(33-3)11-9-20/h4-11,17-19H,12-16H2,1-3H3,(H,27,31). The summed E-state index contributed by atoms with van der Waals surface area (Å²) >= 11 is 0. The molecule has 2 aromatic carbocycles. The second kappa shape index (κ2) is 9.65. The number of methoxy groups -OCH3 is 1. The average molecular weight is 450 g/mol. The highest BCUT2D eigenvalue weighted by Gasteiger charge is 2.36. The van der Waals surface area contributed by atoms with Gasteiger partial charge in [-0.05, 0) is 54.7 Å². The molecule has 2 aliphatic rings. The molecule has 2 fully saturated rings. The third-order valence-electron chi connectivity index (χ3n) is 6.45. The molecule has 0 spiro atoms. The summed E-state index contributed by atoms with van der Waals surface area (Å²) in [5, 5.41) is 2.92. The van der Waals surface area contributed by atoms with Gasteiger partial charge < -0.3 is 19.9 Å². The molecular weight excluding hydrogens is 418 g/mol. The molecule has 3 unspecified atom stereocenters. The number of likely N-dealkylation sites (tertiary alicyclic amines) is 1. The summed E-state index contributed by atoms with van der Waals surface area (Å²) in [6, 6.07) is 14.3. The Labute approximate surface area is 194 Å². The van der Waals surface area contributed by atoms with Crippen molar-refractivity contribution in [2.24, 2.45) is 17.8 Å². The fourth-order valence-corrected chi connectivity index (χ4v) is 4.91. The highest BCUT2D eigenvalue weighted by Crippen LogP contribution is 2.29. The van der Waals surface area contributed by atoms with Crippen molar-refractivity contribution in [2.45, 2.75) is 26.7 Å². The molecule has 2 saturated heterocycles. The van der Waals surface area contributed by atoms with Gasteiger partial charge in [-0.25, -0.2) is 0 Å². The summed E-state index contributed by atoms with van der Waals surface area (Å²) in [5.41, 5.74) is 1.72. The van der Waals surface area contributed by atoms with Gasteiger partial charge in [0.2, 0.25) is 11.8 Å². The Morgan fingerprint density at radius 3 is 2.30 bits per heavy atom. The van der Waals surface area contributed by atoms with Crippen LogP contribution >= 0.6 is 0 Å². The molecular formula is C26H31N3O4. The highest BCUT2D eigenvalue weighted by atomic mass is 16.5. The van der Waals surface area contributed by atoms with E-state index in [9.17, 15) is 14.4 Å². The number of nitrogens with one attached hydrogen (secondary N) is 1. The summed E-state index contributed by atoms with van der Waals surface area (Å²) in [6.45, 7) is 6.07. The quantitative estimate of drug-likeness (QED) is 0.753. The Morgan fingerprint density at radius 2 is 1.64 bits per heavy atom. The second-order valence-corrected chi connectivity index (χ2v) is 9.29. The first-order valence-electron chi connectivity index (χ1n) is 11.5. The first-order chi connectivity index (χ1) is 15.9. The smallest absolute Gasteiger partial charge is 0.255 e. The number of nitrogens with zero attached hydrogens (tertiary/aromatic N) is 2. The van der Waals surface area contributed by atoms with Crippen molar-refractivity contribution < 1.29 is 19.1 Å². The van der Waals surface area contributed by atoms with Gasteiger partial charge in [-0.1, -0.05) is 26.0 Å². The first-order valence-corrected chi connectivity index (χ1v) is 11.5. The van der Waals surface area contributed by atoms with Gasteiger partial charge in [0, 0.05) is 31.7 Å². The molecule has 2 aromatic rings. The Morgan fingerprint density at radius 1 is 0.970 bits per heavy atom. The zero-order valence-electron chi connectivity index (χ0n) is 19.4. The number of hydrogen-bond donors (Lipinski definition) is 1. The van der Waals surface area contributed by atoms with E-state index in [0.29, 0.717) is 35.4 Å². The van der Waals surface area contributed by atoms with Crippen LogP contribution in [0.1, 0.15) is 37.0 Å². The van der Waals surface area contributed by atoms with Crippen LogP contribution in [0.3, 0.4) is 0 Å². The lowest BCUT2D eigenvalue weighted by Gasteiger charge is -2.35. The number of hydrogen-bond acceptors (Lipinski definition) is 4. The number of piperidine rings is 1. The highest BCUT2D eigenvalue weighted by molar-refractivity contribution is 6.07. The van der Waals surface area contributed by atoms with E-state index in [1.807, 2.05) is 23.1 Å². The number of carbonyl (C=O) groups is 3. The monoisotopic (exact) mass is 449 g/mol. The number of ether oxygens (including phenoxy) is 1. The molecule has 2 heterocycles. The van der Waals surface area contributed by atoms with Crippen LogP contribution in [0.15, 0.2) is 48.5 Å². The summed E-state index contributed by atoms with van der Waals surface area (Å²) < 4.78 is 5.17. The normalized spacial score (nSPS) is 22.9. The fraction of sp³-hybridized carbons (Fsp3) is 0.423. The molecule has 3 amide bonds. The van der Waals surface area contributed by atoms with Gasteiger partial charge in [0.25, 0.3) is 5.91 Å². The van der Waals surface area contributed by atoms with Gasteiger partial charge in [0.15, 0.2) is 0 Å². The minimum atomic E-state index is -0.488. The number of amides is 3. The van der Waals surface area contributed by atoms with Crippen molar-refractivity contribution >= 4 is 29.1 Å². The predicted octanol–water partition coefficient (Wildman–Crippen LogP) is 3.80. The minimum Gasteiger partial charge on any atom is -0.497 e. The Balaban J connectivity index is 1.46. The Hall–Kier alpha value is -3.35. The second-order valence-electron chi connectivity index (χ2n) is 9.29. The van der Waals surface area contributed by atoms with E-state index in [0.717, 1.165) is 25.2 Å². The number of rotatable bonds is 5. The van der Waals surface area contributed by atoms with Crippen LogP contribution in [0.5, 0.6) is 5.75 Å². The van der Waals surface area contributed by atoms with Crippen molar-refractivity contribution in [3.8, 4) is 5.75 Å². The molecule has 0 radical (unpaired) electrons. The molecule has 4 rings (SSSR count). The van der Waals surface area contributed by atoms with E-state index in [4.69, 9.17) is 4.74 Å². The molecule has 174 valence electrons. The summed E-state index contributed by atoms with van der Waals surface area (Å²) in [6.07, 6.45) is 1.25. The van der Waals surface area contributed by atoms with E-state index in [-0.39, 0.29) is 24.1 Å². The molecule has 2 aliphatic heterocycles. The SMILES string of the molecule is COc1ccc(N2CC(C(=O)Nc3ccccc3C(=O)N3CC(C)CC(C)C3)CC2=O)cc1. The Kier molecular flexibility index (Phi) is 6.67. The van der Waals surface area contributed by atoms with Gasteiger partial charge in [0.05, 0.1) is 24.3 Å². The number of para-hydroxylation sites is 1. The lowest BCUT2D eigenvalue weighted by molar-refractivity contribution is -0.122. The van der Waals surface area contributed by atoms with Crippen molar-refractivity contribution in [2.75, 3.05) is 37.0 Å². The van der Waals surface area contributed by atoms with Gasteiger partial charge in [-0.15, -0.1) is 0 Å². The van der Waals surface area contributed by atoms with Gasteiger partial charge in [0.1, 0.15) is 5.75 Å². The van der Waals surface area contributed by atoms with Crippen LogP contribution in [0.2, 0.25) is 0 Å². The van der Waals surface area contributed by atoms with Crippen LogP contribution in [0.4, 0.5) is 11.4 Å². The topological polar surface area (TPSA) is 79.0 Å². The van der Waals surface area contributed by atoms with E-state index < -0.39 is 5.92 Å². The molecule has 33 heavy (non-hydrogen) atoms. The molecule has 7 nitrogen and oxygen atoms in total. The summed E-state index contributed by atoms with van der Waals surface area (Å²) in [5.74, 6) is 0.713. The van der Waals surface area contributed by atoms with Crippen LogP contribution in [0, 0.1) is 17.8 Å². The van der Waals surface area contributed by atoms with Crippen molar-refractivity contribution in [3.63, 3.8) is 0 Å². The average Bonchev–Trinajstić information content (AvgIpc) is 3.20. The summed E-state index contributed by atoms with van der Waals surface area (Å²) in [4.78, 5) is 42.4. The number of benzene rings is 2. The van der Waals surface area contributed by atoms with Crippen LogP contribution in [-0.4, -0.2) is 49.4 Å². The van der Waals surface area contributed by atoms with E-state index in [1.54, 1.807) is 42.3 Å². The maximum Gasteiger partial charge on any atom is 0.255 e. The van der Waals surface area contributed by atoms with Crippen molar-refractivity contribution in [1.29, 1.82) is 0 Å². The van der Waals surface area contributed by atoms with Crippen LogP contribution in [0.25, 0.3) is 0 Å². The van der Waals surface area contributed by atoms with E-state index >= 15 is 0 Å². The molecule has 0 aromatic heterocycles. The largest absolute Gasteiger partial charge is 0.497 e. The molecule has 1 N–H and O–H groups in total. The lowest BCUT2D eigenvalue weighted by Crippen LogP contribution is -2.42. The molecule has 0 bridgehead atoms. The molecule has 3 atom stereocenters. The molecule has 0 aliphatic carbocycles. The van der Waals surface area contributed by atoms with Gasteiger partial charge in [-0.3, -0.25) is 14.4 Å². The number of carbonyl (C=O) groups excluding carboxylic acids is 3. The van der Waals surface area contributed by atoms with Gasteiger partial charge in [-0.2, -0.15) is 0 Å². The fourth-order valence-electron chi connectivity index (χ4n) is 4.91. The lowest BCUT2D eigenvalue weighted by atomic mass is 9.91. The van der Waals surface area contributed by atoms with E-state index in [2.05, 4.69) is 19.2 Å². The first kappa shape index (κ1) is 22.8. The third kappa shape index (κ3) is 5.02. The van der Waals surface area contributed by atoms with E-state index in [1.165, 1.54) is 0 Å². The zero-order chi connectivity index (χ0) is 23.5. The summed E-state index contributed by atoms with van der Waals surface area (Å²) in [7, 11) is 1.59. The number of anilines is 2.